The Kier molecular flexibility index (Phi) is 7.89. The van der Waals surface area contributed by atoms with Gasteiger partial charge >= 0.3 is 0 Å². The lowest BCUT2D eigenvalue weighted by Crippen LogP contribution is -2.36. The van der Waals surface area contributed by atoms with Crippen LogP contribution in [0.15, 0.2) is 34.2 Å². The number of hydrogen-bond donors (Lipinski definition) is 2. The van der Waals surface area contributed by atoms with Crippen LogP contribution in [-0.4, -0.2) is 39.6 Å². The molecule has 0 saturated carbocycles. The molecule has 2 heterocycles. The van der Waals surface area contributed by atoms with Gasteiger partial charge in [-0.2, -0.15) is 0 Å². The number of aryl methyl sites for hydroxylation is 1. The summed E-state index contributed by atoms with van der Waals surface area (Å²) in [6, 6.07) is 7.99. The average molecular weight is 415 g/mol. The molecule has 6 nitrogen and oxygen atoms in total. The second-order valence-corrected chi connectivity index (χ2v) is 8.42. The van der Waals surface area contributed by atoms with E-state index >= 15 is 0 Å². The third-order valence-electron chi connectivity index (χ3n) is 5.06. The number of thioether (sulfide) groups is 1. The molecule has 0 unspecified atom stereocenters. The van der Waals surface area contributed by atoms with Gasteiger partial charge in [0, 0.05) is 25.2 Å². The lowest BCUT2D eigenvalue weighted by Gasteiger charge is -2.27. The molecular formula is C22H30N4O2S. The van der Waals surface area contributed by atoms with E-state index in [9.17, 15) is 9.59 Å². The first-order valence-electron chi connectivity index (χ1n) is 10.4. The zero-order valence-corrected chi connectivity index (χ0v) is 18.1. The van der Waals surface area contributed by atoms with E-state index in [4.69, 9.17) is 0 Å². The van der Waals surface area contributed by atoms with Crippen LogP contribution < -0.4 is 10.9 Å². The van der Waals surface area contributed by atoms with E-state index in [0.29, 0.717) is 11.7 Å². The van der Waals surface area contributed by atoms with Crippen LogP contribution >= 0.6 is 11.8 Å². The van der Waals surface area contributed by atoms with Gasteiger partial charge in [0.15, 0.2) is 5.16 Å². The number of aromatic nitrogens is 2. The summed E-state index contributed by atoms with van der Waals surface area (Å²) < 4.78 is 0. The van der Waals surface area contributed by atoms with Crippen LogP contribution in [0.2, 0.25) is 0 Å². The molecule has 156 valence electrons. The molecule has 0 aliphatic carbocycles. The first-order valence-corrected chi connectivity index (χ1v) is 11.4. The van der Waals surface area contributed by atoms with E-state index in [1.807, 2.05) is 12.1 Å². The van der Waals surface area contributed by atoms with Crippen molar-refractivity contribution < 1.29 is 4.79 Å². The maximum absolute atomic E-state index is 12.4. The van der Waals surface area contributed by atoms with Gasteiger partial charge < -0.3 is 10.3 Å². The molecule has 0 saturated heterocycles. The number of nitrogens with one attached hydrogen (secondary N) is 2. The fourth-order valence-electron chi connectivity index (χ4n) is 3.50. The maximum Gasteiger partial charge on any atom is 0.256 e. The van der Waals surface area contributed by atoms with Crippen molar-refractivity contribution in [2.75, 3.05) is 24.2 Å². The summed E-state index contributed by atoms with van der Waals surface area (Å²) in [7, 11) is 0. The molecule has 3 rings (SSSR count). The molecule has 1 aromatic heterocycles. The number of fused-ring (bicyclic) bond motifs is 1. The summed E-state index contributed by atoms with van der Waals surface area (Å²) in [5, 5.41) is 3.42. The second kappa shape index (κ2) is 10.6. The molecule has 0 radical (unpaired) electrons. The number of H-pyrrole nitrogens is 1. The van der Waals surface area contributed by atoms with Crippen molar-refractivity contribution in [3.8, 4) is 0 Å². The number of aromatic amines is 1. The Balaban J connectivity index is 1.54. The smallest absolute Gasteiger partial charge is 0.256 e. The summed E-state index contributed by atoms with van der Waals surface area (Å²) in [5.74, 6) is 0.104. The minimum Gasteiger partial charge on any atom is -0.325 e. The number of rotatable bonds is 9. The van der Waals surface area contributed by atoms with Crippen molar-refractivity contribution in [3.63, 3.8) is 0 Å². The predicted octanol–water partition coefficient (Wildman–Crippen LogP) is 3.61. The summed E-state index contributed by atoms with van der Waals surface area (Å²) in [4.78, 5) is 34.4. The number of nitrogens with zero attached hydrogens (tertiary/aromatic N) is 2. The van der Waals surface area contributed by atoms with Gasteiger partial charge in [0.1, 0.15) is 0 Å². The Labute approximate surface area is 176 Å². The van der Waals surface area contributed by atoms with E-state index in [0.717, 1.165) is 49.3 Å². The molecule has 1 amide bonds. The van der Waals surface area contributed by atoms with Gasteiger partial charge in [-0.05, 0) is 43.5 Å². The monoisotopic (exact) mass is 414 g/mol. The molecule has 2 N–H and O–H groups in total. The predicted molar refractivity (Wildman–Crippen MR) is 119 cm³/mol. The quantitative estimate of drug-likeness (QED) is 0.484. The number of benzene rings is 1. The first kappa shape index (κ1) is 21.6. The number of unbranched alkanes of at least 4 members (excludes halogenated alkanes) is 1. The highest BCUT2D eigenvalue weighted by atomic mass is 32.2. The molecule has 1 aliphatic rings. The highest BCUT2D eigenvalue weighted by Gasteiger charge is 2.20. The SMILES string of the molecule is CCCCc1ccc(NC(=O)CSc2nc3c(c(=O)[nH]2)CN(CCC)CC3)cc1. The summed E-state index contributed by atoms with van der Waals surface area (Å²) in [6.07, 6.45) is 5.26. The fraction of sp³-hybridized carbons (Fsp3) is 0.500. The molecule has 29 heavy (non-hydrogen) atoms. The molecule has 7 heteroatoms. The molecule has 0 atom stereocenters. The topological polar surface area (TPSA) is 78.1 Å². The maximum atomic E-state index is 12.4. The van der Waals surface area contributed by atoms with Crippen LogP contribution in [-0.2, 0) is 24.2 Å². The van der Waals surface area contributed by atoms with Crippen molar-refractivity contribution in [3.05, 3.63) is 51.4 Å². The third-order valence-corrected chi connectivity index (χ3v) is 5.94. The van der Waals surface area contributed by atoms with Gasteiger partial charge in [-0.25, -0.2) is 4.98 Å². The minimum atomic E-state index is -0.106. The Morgan fingerprint density at radius 3 is 2.76 bits per heavy atom. The van der Waals surface area contributed by atoms with Crippen molar-refractivity contribution in [2.24, 2.45) is 0 Å². The molecule has 0 bridgehead atoms. The van der Waals surface area contributed by atoms with Crippen molar-refractivity contribution in [1.29, 1.82) is 0 Å². The van der Waals surface area contributed by atoms with Crippen LogP contribution in [0.4, 0.5) is 5.69 Å². The van der Waals surface area contributed by atoms with E-state index in [-0.39, 0.29) is 17.2 Å². The molecule has 0 fully saturated rings. The van der Waals surface area contributed by atoms with Crippen LogP contribution in [0.1, 0.15) is 49.9 Å². The number of amides is 1. The van der Waals surface area contributed by atoms with Crippen molar-refractivity contribution in [1.82, 2.24) is 14.9 Å². The Hall–Kier alpha value is -2.12. The summed E-state index contributed by atoms with van der Waals surface area (Å²) in [6.45, 7) is 6.90. The van der Waals surface area contributed by atoms with Crippen LogP contribution in [0.25, 0.3) is 0 Å². The number of hydrogen-bond acceptors (Lipinski definition) is 5. The molecule has 2 aromatic rings. The Morgan fingerprint density at radius 1 is 1.24 bits per heavy atom. The van der Waals surface area contributed by atoms with E-state index in [1.165, 1.54) is 30.2 Å². The third kappa shape index (κ3) is 6.18. The largest absolute Gasteiger partial charge is 0.325 e. The number of carbonyl (C=O) groups excluding carboxylic acids is 1. The number of carbonyl (C=O) groups is 1. The van der Waals surface area contributed by atoms with Gasteiger partial charge in [0.2, 0.25) is 5.91 Å². The fourth-order valence-corrected chi connectivity index (χ4v) is 4.18. The highest BCUT2D eigenvalue weighted by molar-refractivity contribution is 7.99. The van der Waals surface area contributed by atoms with E-state index in [1.54, 1.807) is 0 Å². The normalized spacial score (nSPS) is 13.9. The van der Waals surface area contributed by atoms with Crippen LogP contribution in [0.5, 0.6) is 0 Å². The van der Waals surface area contributed by atoms with E-state index in [2.05, 4.69) is 46.2 Å². The van der Waals surface area contributed by atoms with Crippen LogP contribution in [0.3, 0.4) is 0 Å². The summed E-state index contributed by atoms with van der Waals surface area (Å²) >= 11 is 1.27. The van der Waals surface area contributed by atoms with Gasteiger partial charge in [0.05, 0.1) is 17.0 Å². The van der Waals surface area contributed by atoms with Crippen molar-refractivity contribution >= 4 is 23.4 Å². The molecule has 1 aliphatic heterocycles. The standard InChI is InChI=1S/C22H30N4O2S/c1-3-5-6-16-7-9-17(10-8-16)23-20(27)15-29-22-24-19-11-13-26(12-4-2)14-18(19)21(28)25-22/h7-10H,3-6,11-15H2,1-2H3,(H,23,27)(H,24,25,28). The molecular weight excluding hydrogens is 384 g/mol. The lowest BCUT2D eigenvalue weighted by atomic mass is 10.1. The van der Waals surface area contributed by atoms with Gasteiger partial charge in [0.25, 0.3) is 5.56 Å². The highest BCUT2D eigenvalue weighted by Crippen LogP contribution is 2.19. The Bertz CT molecular complexity index is 879. The zero-order chi connectivity index (χ0) is 20.6. The van der Waals surface area contributed by atoms with Gasteiger partial charge in [-0.1, -0.05) is 44.2 Å². The lowest BCUT2D eigenvalue weighted by molar-refractivity contribution is -0.113. The minimum absolute atomic E-state index is 0.0821. The van der Waals surface area contributed by atoms with E-state index < -0.39 is 0 Å². The van der Waals surface area contributed by atoms with Gasteiger partial charge in [-0.3, -0.25) is 14.5 Å². The van der Waals surface area contributed by atoms with Crippen LogP contribution in [0, 0.1) is 0 Å². The first-order chi connectivity index (χ1) is 14.1. The van der Waals surface area contributed by atoms with Crippen molar-refractivity contribution in [2.45, 2.75) is 57.7 Å². The molecule has 1 aromatic carbocycles. The van der Waals surface area contributed by atoms with Gasteiger partial charge in [-0.15, -0.1) is 0 Å². The zero-order valence-electron chi connectivity index (χ0n) is 17.3. The number of anilines is 1. The summed E-state index contributed by atoms with van der Waals surface area (Å²) in [5.41, 5.74) is 3.63. The average Bonchev–Trinajstić information content (AvgIpc) is 2.72. The Morgan fingerprint density at radius 2 is 2.03 bits per heavy atom. The second-order valence-electron chi connectivity index (χ2n) is 7.46. The molecule has 0 spiro atoms.